The van der Waals surface area contributed by atoms with E-state index >= 15 is 0 Å². The lowest BCUT2D eigenvalue weighted by Gasteiger charge is -2.32. The van der Waals surface area contributed by atoms with Gasteiger partial charge in [-0.2, -0.15) is 0 Å². The Bertz CT molecular complexity index is 496. The van der Waals surface area contributed by atoms with E-state index in [0.29, 0.717) is 13.0 Å². The highest BCUT2D eigenvalue weighted by molar-refractivity contribution is 5.75. The highest BCUT2D eigenvalue weighted by Gasteiger charge is 2.26. The molecule has 1 saturated heterocycles. The molecule has 1 aliphatic heterocycles. The van der Waals surface area contributed by atoms with E-state index < -0.39 is 0 Å². The summed E-state index contributed by atoms with van der Waals surface area (Å²) in [7, 11) is 4.10. The Morgan fingerprint density at radius 3 is 2.50 bits per heavy atom. The number of quaternary nitrogens is 1. The summed E-state index contributed by atoms with van der Waals surface area (Å²) in [4.78, 5) is 15.6. The third kappa shape index (κ3) is 5.49. The highest BCUT2D eigenvalue weighted by Crippen LogP contribution is 2.16. The van der Waals surface area contributed by atoms with Gasteiger partial charge in [0.15, 0.2) is 0 Å². The lowest BCUT2D eigenvalue weighted by Crippen LogP contribution is -3.15. The summed E-state index contributed by atoms with van der Waals surface area (Å²) in [6, 6.07) is 8.99. The Balaban J connectivity index is 2.05. The molecule has 1 aromatic rings. The first-order valence-electron chi connectivity index (χ1n) is 9.08. The zero-order chi connectivity index (χ0) is 17.4. The molecule has 0 aromatic heterocycles. The minimum absolute atomic E-state index is 0.166. The molecule has 24 heavy (non-hydrogen) atoms. The maximum atomic E-state index is 12.0. The van der Waals surface area contributed by atoms with Crippen LogP contribution in [0.2, 0.25) is 0 Å². The van der Waals surface area contributed by atoms with Crippen molar-refractivity contribution in [3.8, 4) is 0 Å². The van der Waals surface area contributed by atoms with E-state index in [9.17, 15) is 4.79 Å². The minimum Gasteiger partial charge on any atom is -0.378 e. The van der Waals surface area contributed by atoms with Gasteiger partial charge in [-0.1, -0.05) is 25.5 Å². The summed E-state index contributed by atoms with van der Waals surface area (Å²) < 4.78 is 5.50. The number of carbonyl (C=O) groups excluding carboxylic acids is 1. The first-order chi connectivity index (χ1) is 11.6. The Morgan fingerprint density at radius 1 is 1.25 bits per heavy atom. The summed E-state index contributed by atoms with van der Waals surface area (Å²) in [5.41, 5.74) is 2.48. The summed E-state index contributed by atoms with van der Waals surface area (Å²) in [5.74, 6) is 0.166. The van der Waals surface area contributed by atoms with Crippen LogP contribution in [0.3, 0.4) is 0 Å². The Kier molecular flexibility index (Phi) is 7.53. The van der Waals surface area contributed by atoms with Crippen LogP contribution in [0, 0.1) is 0 Å². The van der Waals surface area contributed by atoms with Crippen molar-refractivity contribution in [2.24, 2.45) is 0 Å². The molecule has 5 nitrogen and oxygen atoms in total. The van der Waals surface area contributed by atoms with Crippen LogP contribution in [-0.2, 0) is 9.53 Å². The molecule has 2 N–H and O–H groups in total. The van der Waals surface area contributed by atoms with Gasteiger partial charge in [0, 0.05) is 31.8 Å². The van der Waals surface area contributed by atoms with Crippen LogP contribution in [-0.4, -0.2) is 52.9 Å². The SMILES string of the molecule is CCCCC(=O)NC[C@H](c1ccc(N(C)C)cc1)[NH+]1CCOCC1. The number of unbranched alkanes of at least 4 members (excludes halogenated alkanes) is 1. The number of benzene rings is 1. The molecular weight excluding hydrogens is 302 g/mol. The average Bonchev–Trinajstić information content (AvgIpc) is 2.61. The smallest absolute Gasteiger partial charge is 0.220 e. The number of morpholine rings is 1. The maximum absolute atomic E-state index is 12.0. The van der Waals surface area contributed by atoms with Crippen LogP contribution in [0.5, 0.6) is 0 Å². The lowest BCUT2D eigenvalue weighted by atomic mass is 10.0. The largest absolute Gasteiger partial charge is 0.378 e. The molecule has 1 heterocycles. The van der Waals surface area contributed by atoms with Crippen molar-refractivity contribution < 1.29 is 14.4 Å². The van der Waals surface area contributed by atoms with Crippen molar-refractivity contribution in [1.82, 2.24) is 5.32 Å². The predicted molar refractivity (Wildman–Crippen MR) is 97.6 cm³/mol. The van der Waals surface area contributed by atoms with Crippen LogP contribution < -0.4 is 15.1 Å². The van der Waals surface area contributed by atoms with Crippen molar-refractivity contribution in [3.05, 3.63) is 29.8 Å². The second-order valence-electron chi connectivity index (χ2n) is 6.72. The number of hydrogen-bond acceptors (Lipinski definition) is 3. The molecule has 5 heteroatoms. The topological polar surface area (TPSA) is 46.0 Å². The number of ether oxygens (including phenoxy) is 1. The molecule has 1 aliphatic rings. The summed E-state index contributed by atoms with van der Waals surface area (Å²) in [5, 5.41) is 3.14. The fraction of sp³-hybridized carbons (Fsp3) is 0.632. The third-order valence-electron chi connectivity index (χ3n) is 4.70. The first-order valence-corrected chi connectivity index (χ1v) is 9.08. The summed E-state index contributed by atoms with van der Waals surface area (Å²) in [6.07, 6.45) is 2.64. The van der Waals surface area contributed by atoms with Crippen molar-refractivity contribution in [3.63, 3.8) is 0 Å². The fourth-order valence-corrected chi connectivity index (χ4v) is 3.13. The normalized spacial score (nSPS) is 16.6. The average molecular weight is 334 g/mol. The molecule has 0 saturated carbocycles. The summed E-state index contributed by atoms with van der Waals surface area (Å²) >= 11 is 0. The third-order valence-corrected chi connectivity index (χ3v) is 4.70. The molecule has 1 atom stereocenters. The minimum atomic E-state index is 0.166. The van der Waals surface area contributed by atoms with E-state index in [1.54, 1.807) is 0 Å². The van der Waals surface area contributed by atoms with Crippen LogP contribution >= 0.6 is 0 Å². The van der Waals surface area contributed by atoms with Gasteiger partial charge in [-0.3, -0.25) is 4.79 Å². The van der Waals surface area contributed by atoms with Crippen LogP contribution in [0.1, 0.15) is 37.8 Å². The van der Waals surface area contributed by atoms with Gasteiger partial charge in [0.1, 0.15) is 19.1 Å². The molecule has 134 valence electrons. The van der Waals surface area contributed by atoms with Gasteiger partial charge in [-0.25, -0.2) is 0 Å². The predicted octanol–water partition coefficient (Wildman–Crippen LogP) is 1.02. The van der Waals surface area contributed by atoms with E-state index in [0.717, 1.165) is 39.1 Å². The number of carbonyl (C=O) groups is 1. The Labute approximate surface area is 146 Å². The van der Waals surface area contributed by atoms with Gasteiger partial charge >= 0.3 is 0 Å². The van der Waals surface area contributed by atoms with Gasteiger partial charge in [0.05, 0.1) is 19.8 Å². The number of hydrogen-bond donors (Lipinski definition) is 2. The number of anilines is 1. The molecule has 0 unspecified atom stereocenters. The standard InChI is InChI=1S/C19H31N3O2/c1-4-5-6-19(23)20-15-18(22-11-13-24-14-12-22)16-7-9-17(10-8-16)21(2)3/h7-10,18H,4-6,11-15H2,1-3H3,(H,20,23)/p+1/t18-/m1/s1. The Morgan fingerprint density at radius 2 is 1.92 bits per heavy atom. The van der Waals surface area contributed by atoms with E-state index in [1.807, 2.05) is 14.1 Å². The number of rotatable bonds is 8. The van der Waals surface area contributed by atoms with Gasteiger partial charge in [-0.05, 0) is 18.6 Å². The van der Waals surface area contributed by atoms with Crippen molar-refractivity contribution in [2.75, 3.05) is 51.8 Å². The van der Waals surface area contributed by atoms with E-state index in [4.69, 9.17) is 4.74 Å². The molecule has 1 aromatic carbocycles. The lowest BCUT2D eigenvalue weighted by molar-refractivity contribution is -0.937. The van der Waals surface area contributed by atoms with Crippen molar-refractivity contribution in [1.29, 1.82) is 0 Å². The quantitative estimate of drug-likeness (QED) is 0.746. The second kappa shape index (κ2) is 9.64. The van der Waals surface area contributed by atoms with Gasteiger partial charge in [0.2, 0.25) is 5.91 Å². The maximum Gasteiger partial charge on any atom is 0.220 e. The number of amides is 1. The second-order valence-corrected chi connectivity index (χ2v) is 6.72. The van der Waals surface area contributed by atoms with E-state index in [2.05, 4.69) is 41.4 Å². The van der Waals surface area contributed by atoms with E-state index in [1.165, 1.54) is 16.2 Å². The molecule has 2 rings (SSSR count). The first kappa shape index (κ1) is 18.7. The molecule has 0 aliphatic carbocycles. The molecule has 1 amide bonds. The van der Waals surface area contributed by atoms with Crippen molar-refractivity contribution >= 4 is 11.6 Å². The zero-order valence-corrected chi connectivity index (χ0v) is 15.3. The van der Waals surface area contributed by atoms with Gasteiger partial charge < -0.3 is 19.9 Å². The molecular formula is C19H32N3O2+. The van der Waals surface area contributed by atoms with E-state index in [-0.39, 0.29) is 11.9 Å². The van der Waals surface area contributed by atoms with Crippen LogP contribution in [0.25, 0.3) is 0 Å². The van der Waals surface area contributed by atoms with Crippen LogP contribution in [0.15, 0.2) is 24.3 Å². The molecule has 0 radical (unpaired) electrons. The number of nitrogens with one attached hydrogen (secondary N) is 2. The fourth-order valence-electron chi connectivity index (χ4n) is 3.13. The zero-order valence-electron chi connectivity index (χ0n) is 15.3. The Hall–Kier alpha value is -1.59. The highest BCUT2D eigenvalue weighted by atomic mass is 16.5. The molecule has 0 spiro atoms. The van der Waals surface area contributed by atoms with Crippen molar-refractivity contribution in [2.45, 2.75) is 32.2 Å². The summed E-state index contributed by atoms with van der Waals surface area (Å²) in [6.45, 7) is 6.38. The molecule has 0 bridgehead atoms. The van der Waals surface area contributed by atoms with Gasteiger partial charge in [0.25, 0.3) is 0 Å². The van der Waals surface area contributed by atoms with Crippen LogP contribution in [0.4, 0.5) is 5.69 Å². The van der Waals surface area contributed by atoms with Gasteiger partial charge in [-0.15, -0.1) is 0 Å². The monoisotopic (exact) mass is 334 g/mol. The molecule has 1 fully saturated rings. The number of nitrogens with zero attached hydrogens (tertiary/aromatic N) is 1.